The Morgan fingerprint density at radius 3 is 2.43 bits per heavy atom. The molecular weight excluding hydrogens is 270 g/mol. The summed E-state index contributed by atoms with van der Waals surface area (Å²) in [5.41, 5.74) is 0. The van der Waals surface area contributed by atoms with Gasteiger partial charge >= 0.3 is 12.0 Å². The van der Waals surface area contributed by atoms with Gasteiger partial charge in [-0.1, -0.05) is 0 Å². The predicted octanol–water partition coefficient (Wildman–Crippen LogP) is 1.17. The normalized spacial score (nSPS) is 36.2. The van der Waals surface area contributed by atoms with E-state index < -0.39 is 5.97 Å². The number of carbonyl (C=O) groups excluding carboxylic acids is 1. The first-order chi connectivity index (χ1) is 10.1. The van der Waals surface area contributed by atoms with Crippen LogP contribution in [0.2, 0.25) is 0 Å². The van der Waals surface area contributed by atoms with Gasteiger partial charge in [0.05, 0.1) is 5.92 Å². The van der Waals surface area contributed by atoms with Gasteiger partial charge in [-0.15, -0.1) is 0 Å². The van der Waals surface area contributed by atoms with Crippen molar-refractivity contribution in [1.82, 2.24) is 15.5 Å². The molecule has 2 heterocycles. The summed E-state index contributed by atoms with van der Waals surface area (Å²) in [5.74, 6) is -0.932. The van der Waals surface area contributed by atoms with Crippen LogP contribution in [0.1, 0.15) is 44.9 Å². The molecular formula is C15H25N3O3. The van der Waals surface area contributed by atoms with Crippen LogP contribution in [0.4, 0.5) is 4.79 Å². The number of urea groups is 1. The summed E-state index contributed by atoms with van der Waals surface area (Å²) in [7, 11) is 0. The summed E-state index contributed by atoms with van der Waals surface area (Å²) >= 11 is 0. The summed E-state index contributed by atoms with van der Waals surface area (Å²) in [5, 5.41) is 15.1. The number of carboxylic acid groups (broad SMARTS) is 1. The van der Waals surface area contributed by atoms with Crippen LogP contribution in [-0.2, 0) is 4.79 Å². The standard InChI is InChI=1S/C15H25N3O3/c19-14(20)10-3-5-11(6-4-10)16-15(21)17-12-7-9-18-8-1-2-13(12)18/h10-13H,1-9H2,(H,19,20)(H2,16,17,21). The second kappa shape index (κ2) is 6.22. The van der Waals surface area contributed by atoms with Crippen LogP contribution >= 0.6 is 0 Å². The van der Waals surface area contributed by atoms with Crippen LogP contribution < -0.4 is 10.6 Å². The summed E-state index contributed by atoms with van der Waals surface area (Å²) in [6.07, 6.45) is 6.34. The van der Waals surface area contributed by atoms with Crippen molar-refractivity contribution in [2.75, 3.05) is 13.1 Å². The van der Waals surface area contributed by atoms with Crippen molar-refractivity contribution in [3.8, 4) is 0 Å². The van der Waals surface area contributed by atoms with E-state index in [1.165, 1.54) is 19.4 Å². The van der Waals surface area contributed by atoms with Crippen molar-refractivity contribution in [3.05, 3.63) is 0 Å². The first-order valence-electron chi connectivity index (χ1n) is 8.17. The predicted molar refractivity (Wildman–Crippen MR) is 78.0 cm³/mol. The molecule has 2 aliphatic heterocycles. The fraction of sp³-hybridized carbons (Fsp3) is 0.867. The molecule has 6 heteroatoms. The molecule has 118 valence electrons. The molecule has 0 bridgehead atoms. The first-order valence-corrected chi connectivity index (χ1v) is 8.17. The smallest absolute Gasteiger partial charge is 0.315 e. The molecule has 0 aromatic heterocycles. The van der Waals surface area contributed by atoms with E-state index in [-0.39, 0.29) is 24.0 Å². The minimum absolute atomic E-state index is 0.0764. The number of fused-ring (bicyclic) bond motifs is 1. The van der Waals surface area contributed by atoms with Gasteiger partial charge in [-0.3, -0.25) is 9.69 Å². The van der Waals surface area contributed by atoms with Gasteiger partial charge < -0.3 is 15.7 Å². The van der Waals surface area contributed by atoms with Gasteiger partial charge in [-0.25, -0.2) is 4.79 Å². The quantitative estimate of drug-likeness (QED) is 0.730. The molecule has 0 radical (unpaired) electrons. The summed E-state index contributed by atoms with van der Waals surface area (Å²) in [6, 6.07) is 0.857. The number of aliphatic carboxylic acids is 1. The number of rotatable bonds is 3. The third-order valence-electron chi connectivity index (χ3n) is 5.33. The zero-order valence-electron chi connectivity index (χ0n) is 12.4. The summed E-state index contributed by atoms with van der Waals surface area (Å²) in [4.78, 5) is 25.5. The number of nitrogens with one attached hydrogen (secondary N) is 2. The summed E-state index contributed by atoms with van der Waals surface area (Å²) in [6.45, 7) is 2.27. The highest BCUT2D eigenvalue weighted by Crippen LogP contribution is 2.28. The summed E-state index contributed by atoms with van der Waals surface area (Å²) < 4.78 is 0. The molecule has 0 spiro atoms. The van der Waals surface area contributed by atoms with Gasteiger partial charge in [-0.05, 0) is 51.5 Å². The van der Waals surface area contributed by atoms with Crippen molar-refractivity contribution < 1.29 is 14.7 Å². The first kappa shape index (κ1) is 14.6. The molecule has 0 aromatic carbocycles. The average Bonchev–Trinajstić information content (AvgIpc) is 3.04. The van der Waals surface area contributed by atoms with E-state index in [9.17, 15) is 9.59 Å². The zero-order valence-corrected chi connectivity index (χ0v) is 12.4. The SMILES string of the molecule is O=C(NC1CCC(C(=O)O)CC1)NC1CCN2CCCC12. The minimum Gasteiger partial charge on any atom is -0.481 e. The van der Waals surface area contributed by atoms with E-state index in [0.717, 1.165) is 25.8 Å². The van der Waals surface area contributed by atoms with Gasteiger partial charge in [0.15, 0.2) is 0 Å². The topological polar surface area (TPSA) is 81.7 Å². The molecule has 2 atom stereocenters. The van der Waals surface area contributed by atoms with Gasteiger partial charge in [0.25, 0.3) is 0 Å². The molecule has 2 amide bonds. The van der Waals surface area contributed by atoms with E-state index in [2.05, 4.69) is 15.5 Å². The van der Waals surface area contributed by atoms with E-state index >= 15 is 0 Å². The van der Waals surface area contributed by atoms with Crippen LogP contribution in [-0.4, -0.2) is 53.2 Å². The van der Waals surface area contributed by atoms with E-state index in [1.807, 2.05) is 0 Å². The Labute approximate surface area is 125 Å². The lowest BCUT2D eigenvalue weighted by Crippen LogP contribution is -2.50. The molecule has 3 fully saturated rings. The largest absolute Gasteiger partial charge is 0.481 e. The highest BCUT2D eigenvalue weighted by atomic mass is 16.4. The lowest BCUT2D eigenvalue weighted by atomic mass is 9.86. The second-order valence-electron chi connectivity index (χ2n) is 6.65. The lowest BCUT2D eigenvalue weighted by molar-refractivity contribution is -0.142. The number of hydrogen-bond acceptors (Lipinski definition) is 3. The van der Waals surface area contributed by atoms with Crippen LogP contribution in [0.3, 0.4) is 0 Å². The maximum Gasteiger partial charge on any atom is 0.315 e. The van der Waals surface area contributed by atoms with Crippen molar-refractivity contribution in [2.45, 2.75) is 63.1 Å². The minimum atomic E-state index is -0.704. The van der Waals surface area contributed by atoms with Crippen molar-refractivity contribution in [3.63, 3.8) is 0 Å². The molecule has 1 aliphatic carbocycles. The van der Waals surface area contributed by atoms with Crippen molar-refractivity contribution in [2.24, 2.45) is 5.92 Å². The van der Waals surface area contributed by atoms with Crippen LogP contribution in [0.5, 0.6) is 0 Å². The third kappa shape index (κ3) is 3.31. The number of carbonyl (C=O) groups is 2. The van der Waals surface area contributed by atoms with Crippen LogP contribution in [0, 0.1) is 5.92 Å². The second-order valence-corrected chi connectivity index (χ2v) is 6.65. The Bertz CT molecular complexity index is 407. The number of nitrogens with zero attached hydrogens (tertiary/aromatic N) is 1. The molecule has 2 saturated heterocycles. The lowest BCUT2D eigenvalue weighted by Gasteiger charge is -2.28. The van der Waals surface area contributed by atoms with Gasteiger partial charge in [-0.2, -0.15) is 0 Å². The van der Waals surface area contributed by atoms with Crippen molar-refractivity contribution in [1.29, 1.82) is 0 Å². The molecule has 6 nitrogen and oxygen atoms in total. The Kier molecular flexibility index (Phi) is 4.33. The molecule has 1 saturated carbocycles. The molecule has 3 rings (SSSR count). The third-order valence-corrected chi connectivity index (χ3v) is 5.33. The average molecular weight is 295 g/mol. The number of hydrogen-bond donors (Lipinski definition) is 3. The van der Waals surface area contributed by atoms with Gasteiger partial charge in [0.1, 0.15) is 0 Å². The maximum atomic E-state index is 12.1. The fourth-order valence-electron chi connectivity index (χ4n) is 4.13. The zero-order chi connectivity index (χ0) is 14.8. The van der Waals surface area contributed by atoms with E-state index in [1.54, 1.807) is 0 Å². The van der Waals surface area contributed by atoms with E-state index in [4.69, 9.17) is 5.11 Å². The van der Waals surface area contributed by atoms with Crippen molar-refractivity contribution >= 4 is 12.0 Å². The molecule has 3 N–H and O–H groups in total. The molecule has 2 unspecified atom stereocenters. The number of amides is 2. The molecule has 3 aliphatic rings. The van der Waals surface area contributed by atoms with E-state index in [0.29, 0.717) is 18.9 Å². The molecule has 21 heavy (non-hydrogen) atoms. The van der Waals surface area contributed by atoms with Gasteiger partial charge in [0.2, 0.25) is 0 Å². The molecule has 0 aromatic rings. The Morgan fingerprint density at radius 2 is 1.71 bits per heavy atom. The Morgan fingerprint density at radius 1 is 0.952 bits per heavy atom. The highest BCUT2D eigenvalue weighted by molar-refractivity contribution is 5.75. The fourth-order valence-corrected chi connectivity index (χ4v) is 4.13. The number of carboxylic acids is 1. The van der Waals surface area contributed by atoms with Gasteiger partial charge in [0, 0.05) is 24.7 Å². The monoisotopic (exact) mass is 295 g/mol. The Hall–Kier alpha value is -1.30. The highest BCUT2D eigenvalue weighted by Gasteiger charge is 2.38. The van der Waals surface area contributed by atoms with Crippen LogP contribution in [0.15, 0.2) is 0 Å². The Balaban J connectivity index is 1.42. The van der Waals surface area contributed by atoms with Crippen LogP contribution in [0.25, 0.3) is 0 Å². The maximum absolute atomic E-state index is 12.1.